The van der Waals surface area contributed by atoms with E-state index >= 15 is 0 Å². The van der Waals surface area contributed by atoms with Crippen LogP contribution >= 0.6 is 0 Å². The number of ether oxygens (including phenoxy) is 1. The summed E-state index contributed by atoms with van der Waals surface area (Å²) in [4.78, 5) is 12.2. The second-order valence-corrected chi connectivity index (χ2v) is 5.63. The number of nitrogens with two attached hydrogens (primary N) is 1. The van der Waals surface area contributed by atoms with Crippen molar-refractivity contribution in [3.63, 3.8) is 0 Å². The smallest absolute Gasteiger partial charge is 0.331 e. The molecule has 2 N–H and O–H groups in total. The Balaban J connectivity index is 2.30. The quantitative estimate of drug-likeness (QED) is 0.756. The van der Waals surface area contributed by atoms with Gasteiger partial charge in [-0.1, -0.05) is 24.3 Å². The van der Waals surface area contributed by atoms with Crippen LogP contribution in [0.15, 0.2) is 24.3 Å². The molecule has 3 nitrogen and oxygen atoms in total. The highest BCUT2D eigenvalue weighted by molar-refractivity contribution is 5.84. The van der Waals surface area contributed by atoms with E-state index in [1.807, 2.05) is 45.0 Å². The van der Waals surface area contributed by atoms with E-state index in [0.717, 1.165) is 17.5 Å². The fraction of sp³-hybridized carbons (Fsp3) is 0.500. The molecule has 0 fully saturated rings. The minimum Gasteiger partial charge on any atom is -0.458 e. The predicted molar refractivity (Wildman–Crippen MR) is 66.5 cm³/mol. The molecule has 17 heavy (non-hydrogen) atoms. The van der Waals surface area contributed by atoms with Gasteiger partial charge in [-0.15, -0.1) is 0 Å². The molecule has 2 rings (SSSR count). The summed E-state index contributed by atoms with van der Waals surface area (Å²) in [5.41, 5.74) is 6.84. The maximum absolute atomic E-state index is 12.2. The van der Waals surface area contributed by atoms with E-state index in [1.165, 1.54) is 0 Å². The summed E-state index contributed by atoms with van der Waals surface area (Å²) < 4.78 is 5.42. The molecule has 0 aliphatic heterocycles. The van der Waals surface area contributed by atoms with E-state index in [9.17, 15) is 4.79 Å². The van der Waals surface area contributed by atoms with Crippen molar-refractivity contribution in [3.8, 4) is 0 Å². The second kappa shape index (κ2) is 3.84. The zero-order valence-electron chi connectivity index (χ0n) is 10.6. The van der Waals surface area contributed by atoms with Crippen molar-refractivity contribution in [3.05, 3.63) is 35.4 Å². The molecule has 92 valence electrons. The molecule has 0 bridgehead atoms. The van der Waals surface area contributed by atoms with Gasteiger partial charge in [0.1, 0.15) is 11.1 Å². The van der Waals surface area contributed by atoms with Gasteiger partial charge in [0.05, 0.1) is 0 Å². The van der Waals surface area contributed by atoms with E-state index in [1.54, 1.807) is 0 Å². The molecule has 0 radical (unpaired) electrons. The fourth-order valence-corrected chi connectivity index (χ4v) is 2.22. The van der Waals surface area contributed by atoms with Gasteiger partial charge in [0.2, 0.25) is 0 Å². The molecule has 1 aromatic carbocycles. The van der Waals surface area contributed by atoms with Crippen LogP contribution < -0.4 is 5.73 Å². The topological polar surface area (TPSA) is 52.3 Å². The van der Waals surface area contributed by atoms with Crippen LogP contribution in [0.3, 0.4) is 0 Å². The normalized spacial score (nSPS) is 23.3. The number of rotatable bonds is 1. The van der Waals surface area contributed by atoms with Crippen LogP contribution in [0.2, 0.25) is 0 Å². The van der Waals surface area contributed by atoms with Crippen LogP contribution in [0.1, 0.15) is 38.3 Å². The zero-order chi connectivity index (χ0) is 12.7. The summed E-state index contributed by atoms with van der Waals surface area (Å²) >= 11 is 0. The van der Waals surface area contributed by atoms with E-state index in [0.29, 0.717) is 6.42 Å². The number of esters is 1. The number of fused-ring (bicyclic) bond motifs is 1. The molecule has 0 heterocycles. The first-order valence-corrected chi connectivity index (χ1v) is 5.94. The van der Waals surface area contributed by atoms with Crippen molar-refractivity contribution in [2.24, 2.45) is 5.73 Å². The number of hydrogen-bond acceptors (Lipinski definition) is 3. The lowest BCUT2D eigenvalue weighted by Gasteiger charge is -2.28. The van der Waals surface area contributed by atoms with Crippen LogP contribution in [0.5, 0.6) is 0 Å². The minimum absolute atomic E-state index is 0.324. The highest BCUT2D eigenvalue weighted by atomic mass is 16.6. The van der Waals surface area contributed by atoms with Crippen LogP contribution in [-0.2, 0) is 21.5 Å². The third-order valence-corrected chi connectivity index (χ3v) is 3.05. The Morgan fingerprint density at radius 3 is 2.65 bits per heavy atom. The van der Waals surface area contributed by atoms with Crippen molar-refractivity contribution in [2.75, 3.05) is 0 Å². The van der Waals surface area contributed by atoms with Crippen molar-refractivity contribution in [2.45, 2.75) is 44.8 Å². The van der Waals surface area contributed by atoms with Crippen LogP contribution in [-0.4, -0.2) is 11.6 Å². The standard InChI is InChI=1S/C14H19NO2/c1-13(2,3)17-12(16)14(15)9-8-10-6-4-5-7-11(10)14/h4-7H,8-9,15H2,1-3H3/t14-/m1/s1. The highest BCUT2D eigenvalue weighted by Gasteiger charge is 2.44. The number of hydrogen-bond donors (Lipinski definition) is 1. The van der Waals surface area contributed by atoms with E-state index in [4.69, 9.17) is 10.5 Å². The SMILES string of the molecule is CC(C)(C)OC(=O)[C@@]1(N)CCc2ccccc21. The van der Waals surface area contributed by atoms with Crippen LogP contribution in [0.4, 0.5) is 0 Å². The van der Waals surface area contributed by atoms with Gasteiger partial charge in [0.15, 0.2) is 0 Å². The summed E-state index contributed by atoms with van der Waals surface area (Å²) in [5, 5.41) is 0. The molecule has 1 aliphatic rings. The van der Waals surface area contributed by atoms with Crippen LogP contribution in [0.25, 0.3) is 0 Å². The molecule has 3 heteroatoms. The van der Waals surface area contributed by atoms with Gasteiger partial charge < -0.3 is 10.5 Å². The Kier molecular flexibility index (Phi) is 2.74. The van der Waals surface area contributed by atoms with Gasteiger partial charge in [0.25, 0.3) is 0 Å². The van der Waals surface area contributed by atoms with Crippen molar-refractivity contribution in [1.82, 2.24) is 0 Å². The Labute approximate surface area is 102 Å². The molecule has 0 saturated heterocycles. The first kappa shape index (κ1) is 12.1. The summed E-state index contributed by atoms with van der Waals surface area (Å²) in [6, 6.07) is 7.83. The summed E-state index contributed by atoms with van der Waals surface area (Å²) in [7, 11) is 0. The maximum Gasteiger partial charge on any atom is 0.331 e. The van der Waals surface area contributed by atoms with E-state index < -0.39 is 11.1 Å². The lowest BCUT2D eigenvalue weighted by Crippen LogP contribution is -2.46. The molecule has 0 spiro atoms. The number of carbonyl (C=O) groups is 1. The van der Waals surface area contributed by atoms with Crippen molar-refractivity contribution < 1.29 is 9.53 Å². The largest absolute Gasteiger partial charge is 0.458 e. The molecule has 0 amide bonds. The zero-order valence-corrected chi connectivity index (χ0v) is 10.6. The summed E-state index contributed by atoms with van der Waals surface area (Å²) in [5.74, 6) is -0.324. The van der Waals surface area contributed by atoms with E-state index in [-0.39, 0.29) is 5.97 Å². The molecular weight excluding hydrogens is 214 g/mol. The molecule has 1 aromatic rings. The first-order chi connectivity index (χ1) is 7.83. The molecule has 0 saturated carbocycles. The van der Waals surface area contributed by atoms with Crippen molar-refractivity contribution in [1.29, 1.82) is 0 Å². The van der Waals surface area contributed by atoms with E-state index in [2.05, 4.69) is 0 Å². The number of benzene rings is 1. The Morgan fingerprint density at radius 1 is 1.35 bits per heavy atom. The molecule has 1 aliphatic carbocycles. The Morgan fingerprint density at radius 2 is 2.00 bits per heavy atom. The van der Waals surface area contributed by atoms with Gasteiger partial charge >= 0.3 is 5.97 Å². The monoisotopic (exact) mass is 233 g/mol. The van der Waals surface area contributed by atoms with Gasteiger partial charge in [-0.3, -0.25) is 0 Å². The van der Waals surface area contributed by atoms with Crippen molar-refractivity contribution >= 4 is 5.97 Å². The fourth-order valence-electron chi connectivity index (χ4n) is 2.22. The first-order valence-electron chi connectivity index (χ1n) is 5.94. The maximum atomic E-state index is 12.2. The third-order valence-electron chi connectivity index (χ3n) is 3.05. The minimum atomic E-state index is -0.968. The second-order valence-electron chi connectivity index (χ2n) is 5.63. The van der Waals surface area contributed by atoms with Gasteiger partial charge in [-0.05, 0) is 44.7 Å². The highest BCUT2D eigenvalue weighted by Crippen LogP contribution is 2.36. The third kappa shape index (κ3) is 2.20. The molecular formula is C14H19NO2. The summed E-state index contributed by atoms with van der Waals surface area (Å²) in [6.45, 7) is 5.57. The average molecular weight is 233 g/mol. The van der Waals surface area contributed by atoms with Crippen LogP contribution in [0, 0.1) is 0 Å². The molecule has 0 unspecified atom stereocenters. The average Bonchev–Trinajstić information content (AvgIpc) is 2.56. The Bertz CT molecular complexity index is 448. The number of aryl methyl sites for hydroxylation is 1. The van der Waals surface area contributed by atoms with Gasteiger partial charge in [-0.25, -0.2) is 4.79 Å². The molecule has 1 atom stereocenters. The predicted octanol–water partition coefficient (Wildman–Crippen LogP) is 2.13. The Hall–Kier alpha value is -1.35. The molecule has 0 aromatic heterocycles. The summed E-state index contributed by atoms with van der Waals surface area (Å²) in [6.07, 6.45) is 1.47. The lowest BCUT2D eigenvalue weighted by molar-refractivity contribution is -0.162. The lowest BCUT2D eigenvalue weighted by atomic mass is 9.93. The van der Waals surface area contributed by atoms with Gasteiger partial charge in [-0.2, -0.15) is 0 Å². The van der Waals surface area contributed by atoms with Gasteiger partial charge in [0, 0.05) is 0 Å². The number of carbonyl (C=O) groups excluding carboxylic acids is 1.